The Hall–Kier alpha value is -3.22. The first kappa shape index (κ1) is 19.7. The largest absolute Gasteiger partial charge is 0.437 e. The van der Waals surface area contributed by atoms with Gasteiger partial charge >= 0.3 is 0 Å². The van der Waals surface area contributed by atoms with E-state index in [0.717, 1.165) is 22.3 Å². The predicted octanol–water partition coefficient (Wildman–Crippen LogP) is 4.04. The minimum absolute atomic E-state index is 0.115. The van der Waals surface area contributed by atoms with Crippen LogP contribution in [0.15, 0.2) is 70.1 Å². The van der Waals surface area contributed by atoms with Crippen LogP contribution >= 0.6 is 0 Å². The van der Waals surface area contributed by atoms with E-state index in [0.29, 0.717) is 36.2 Å². The first-order valence-corrected chi connectivity index (χ1v) is 10.5. The van der Waals surface area contributed by atoms with Gasteiger partial charge in [0.1, 0.15) is 17.5 Å². The molecule has 0 saturated heterocycles. The molecule has 3 N–H and O–H groups in total. The third kappa shape index (κ3) is 3.19. The molecule has 158 valence electrons. The third-order valence-electron chi connectivity index (χ3n) is 6.20. The fourth-order valence-corrected chi connectivity index (χ4v) is 4.80. The quantitative estimate of drug-likeness (QED) is 0.525. The first-order chi connectivity index (χ1) is 14.8. The smallest absolute Gasteiger partial charge is 0.265 e. The van der Waals surface area contributed by atoms with Gasteiger partial charge in [-0.3, -0.25) is 9.36 Å². The van der Waals surface area contributed by atoms with E-state index in [1.807, 2.05) is 68.4 Å². The zero-order valence-electron chi connectivity index (χ0n) is 17.6. The van der Waals surface area contributed by atoms with E-state index in [1.54, 1.807) is 4.57 Å². The molecule has 1 fully saturated rings. The first-order valence-electron chi connectivity index (χ1n) is 10.5. The number of hydrogen-bond acceptors (Lipinski definition) is 5. The standard InChI is InChI=1S/C25H25N3O3/c1-3-28-15-27-22-20(23(28)29)19(16-7-5-4-6-8-16)21(31-22)17-9-11-18(12-10-17)25(26)13-24(2,30)14-25/h4-12,15,30H,3,13-14,26H2,1-2H3/t24-,25-. The molecular formula is C25H25N3O3. The van der Waals surface area contributed by atoms with Crippen LogP contribution in [0.5, 0.6) is 0 Å². The van der Waals surface area contributed by atoms with Gasteiger partial charge in [0.15, 0.2) is 0 Å². The summed E-state index contributed by atoms with van der Waals surface area (Å²) in [5.41, 5.74) is 8.94. The molecule has 0 bridgehead atoms. The van der Waals surface area contributed by atoms with Crippen LogP contribution in [0.25, 0.3) is 33.6 Å². The molecular weight excluding hydrogens is 390 g/mol. The summed E-state index contributed by atoms with van der Waals surface area (Å²) >= 11 is 0. The van der Waals surface area contributed by atoms with Crippen molar-refractivity contribution < 1.29 is 9.52 Å². The highest BCUT2D eigenvalue weighted by Gasteiger charge is 2.49. The van der Waals surface area contributed by atoms with Crippen LogP contribution in [0.2, 0.25) is 0 Å². The van der Waals surface area contributed by atoms with Crippen LogP contribution in [-0.4, -0.2) is 20.3 Å². The van der Waals surface area contributed by atoms with Gasteiger partial charge in [0.25, 0.3) is 5.56 Å². The van der Waals surface area contributed by atoms with E-state index in [2.05, 4.69) is 4.98 Å². The fraction of sp³-hybridized carbons (Fsp3) is 0.280. The second-order valence-corrected chi connectivity index (χ2v) is 8.77. The third-order valence-corrected chi connectivity index (χ3v) is 6.20. The number of aryl methyl sites for hydroxylation is 1. The molecule has 31 heavy (non-hydrogen) atoms. The number of benzene rings is 2. The Morgan fingerprint density at radius 1 is 1.10 bits per heavy atom. The lowest BCUT2D eigenvalue weighted by Gasteiger charge is -2.49. The molecule has 6 nitrogen and oxygen atoms in total. The molecule has 2 heterocycles. The summed E-state index contributed by atoms with van der Waals surface area (Å²) in [6.45, 7) is 4.26. The van der Waals surface area contributed by atoms with Crippen molar-refractivity contribution in [3.63, 3.8) is 0 Å². The number of fused-ring (bicyclic) bond motifs is 1. The molecule has 1 aliphatic rings. The van der Waals surface area contributed by atoms with E-state index in [1.165, 1.54) is 6.33 Å². The monoisotopic (exact) mass is 415 g/mol. The summed E-state index contributed by atoms with van der Waals surface area (Å²) in [5, 5.41) is 10.6. The molecule has 0 spiro atoms. The summed E-state index contributed by atoms with van der Waals surface area (Å²) in [4.78, 5) is 17.5. The van der Waals surface area contributed by atoms with Gasteiger partial charge in [-0.15, -0.1) is 0 Å². The Balaban J connectivity index is 1.67. The van der Waals surface area contributed by atoms with Gasteiger partial charge < -0.3 is 15.3 Å². The second-order valence-electron chi connectivity index (χ2n) is 8.77. The SMILES string of the molecule is CCn1cnc2oc(-c3ccc([C@]4(N)C[C@](C)(O)C4)cc3)c(-c3ccccc3)c2c1=O. The van der Waals surface area contributed by atoms with Crippen LogP contribution in [-0.2, 0) is 12.1 Å². The lowest BCUT2D eigenvalue weighted by atomic mass is 9.63. The van der Waals surface area contributed by atoms with Crippen molar-refractivity contribution in [2.24, 2.45) is 5.73 Å². The Kier molecular flexibility index (Phi) is 4.39. The molecule has 0 amide bonds. The van der Waals surface area contributed by atoms with Crippen molar-refractivity contribution in [3.05, 3.63) is 76.8 Å². The van der Waals surface area contributed by atoms with Gasteiger partial charge in [-0.2, -0.15) is 0 Å². The maximum atomic E-state index is 13.1. The molecule has 6 heteroatoms. The van der Waals surface area contributed by atoms with Crippen molar-refractivity contribution >= 4 is 11.1 Å². The molecule has 0 atom stereocenters. The van der Waals surface area contributed by atoms with Crippen LogP contribution in [0.1, 0.15) is 32.3 Å². The molecule has 1 saturated carbocycles. The molecule has 0 unspecified atom stereocenters. The topological polar surface area (TPSA) is 94.3 Å². The average molecular weight is 415 g/mol. The molecule has 2 aromatic carbocycles. The minimum atomic E-state index is -0.711. The van der Waals surface area contributed by atoms with Crippen molar-refractivity contribution in [2.45, 2.75) is 44.4 Å². The summed E-state index contributed by atoms with van der Waals surface area (Å²) < 4.78 is 7.70. The highest BCUT2D eigenvalue weighted by molar-refractivity contribution is 5.99. The van der Waals surface area contributed by atoms with Gasteiger partial charge in [-0.25, -0.2) is 4.98 Å². The van der Waals surface area contributed by atoms with E-state index < -0.39 is 11.1 Å². The van der Waals surface area contributed by atoms with E-state index in [9.17, 15) is 9.90 Å². The Bertz CT molecular complexity index is 1310. The Morgan fingerprint density at radius 2 is 1.77 bits per heavy atom. The van der Waals surface area contributed by atoms with Crippen LogP contribution in [0, 0.1) is 0 Å². The molecule has 0 radical (unpaired) electrons. The summed E-state index contributed by atoms with van der Waals surface area (Å²) in [6, 6.07) is 17.6. The van der Waals surface area contributed by atoms with Gasteiger partial charge in [0, 0.05) is 23.2 Å². The highest BCUT2D eigenvalue weighted by atomic mass is 16.3. The number of hydrogen-bond donors (Lipinski definition) is 2. The summed E-state index contributed by atoms with van der Waals surface area (Å²) in [7, 11) is 0. The molecule has 4 aromatic rings. The fourth-order valence-electron chi connectivity index (χ4n) is 4.80. The van der Waals surface area contributed by atoms with E-state index in [-0.39, 0.29) is 5.56 Å². The normalized spacial score (nSPS) is 23.1. The van der Waals surface area contributed by atoms with E-state index in [4.69, 9.17) is 10.2 Å². The number of nitrogens with zero attached hydrogens (tertiary/aromatic N) is 2. The number of aliphatic hydroxyl groups is 1. The van der Waals surface area contributed by atoms with Crippen molar-refractivity contribution in [3.8, 4) is 22.5 Å². The van der Waals surface area contributed by atoms with Crippen LogP contribution in [0.4, 0.5) is 0 Å². The van der Waals surface area contributed by atoms with Crippen molar-refractivity contribution in [2.75, 3.05) is 0 Å². The maximum absolute atomic E-state index is 13.1. The number of aromatic nitrogens is 2. The van der Waals surface area contributed by atoms with Crippen molar-refractivity contribution in [1.82, 2.24) is 9.55 Å². The van der Waals surface area contributed by atoms with Gasteiger partial charge in [-0.1, -0.05) is 54.6 Å². The number of nitrogens with two attached hydrogens (primary N) is 1. The van der Waals surface area contributed by atoms with Crippen molar-refractivity contribution in [1.29, 1.82) is 0 Å². The zero-order valence-corrected chi connectivity index (χ0v) is 17.6. The molecule has 0 aliphatic heterocycles. The minimum Gasteiger partial charge on any atom is -0.437 e. The highest BCUT2D eigenvalue weighted by Crippen LogP contribution is 2.47. The summed E-state index contributed by atoms with van der Waals surface area (Å²) in [6.07, 6.45) is 2.58. The Labute approximate surface area is 180 Å². The van der Waals surface area contributed by atoms with Crippen LogP contribution < -0.4 is 11.3 Å². The molecule has 1 aliphatic carbocycles. The van der Waals surface area contributed by atoms with Gasteiger partial charge in [0.2, 0.25) is 5.71 Å². The maximum Gasteiger partial charge on any atom is 0.265 e. The van der Waals surface area contributed by atoms with E-state index >= 15 is 0 Å². The summed E-state index contributed by atoms with van der Waals surface area (Å²) in [5.74, 6) is 0.609. The molecule has 5 rings (SSSR count). The number of furan rings is 1. The second kappa shape index (κ2) is 6.90. The Morgan fingerprint density at radius 3 is 2.39 bits per heavy atom. The van der Waals surface area contributed by atoms with Gasteiger partial charge in [-0.05, 0) is 37.8 Å². The molecule has 2 aromatic heterocycles. The number of rotatable bonds is 4. The zero-order chi connectivity index (χ0) is 21.8. The average Bonchev–Trinajstić information content (AvgIpc) is 3.14. The lowest BCUT2D eigenvalue weighted by molar-refractivity contribution is -0.0738. The predicted molar refractivity (Wildman–Crippen MR) is 121 cm³/mol. The lowest BCUT2D eigenvalue weighted by Crippen LogP contribution is -2.58. The van der Waals surface area contributed by atoms with Gasteiger partial charge in [0.05, 0.1) is 5.60 Å². The van der Waals surface area contributed by atoms with Crippen LogP contribution in [0.3, 0.4) is 0 Å².